The molecule has 0 fully saturated rings. The highest BCUT2D eigenvalue weighted by Crippen LogP contribution is 2.30. The van der Waals surface area contributed by atoms with Crippen LogP contribution >= 0.6 is 15.9 Å². The third kappa shape index (κ3) is 3.76. The third-order valence-corrected chi connectivity index (χ3v) is 4.98. The van der Waals surface area contributed by atoms with Gasteiger partial charge >= 0.3 is 6.18 Å². The molecule has 2 aromatic carbocycles. The van der Waals surface area contributed by atoms with E-state index in [-0.39, 0.29) is 10.6 Å². The molecular formula is C13H9BrF3NO2S. The van der Waals surface area contributed by atoms with Crippen LogP contribution in [0.15, 0.2) is 57.9 Å². The zero-order valence-corrected chi connectivity index (χ0v) is 12.8. The van der Waals surface area contributed by atoms with E-state index in [1.54, 1.807) is 18.2 Å². The molecule has 0 aliphatic carbocycles. The maximum atomic E-state index is 12.4. The molecule has 2 aromatic rings. The van der Waals surface area contributed by atoms with Crippen LogP contribution in [0.25, 0.3) is 0 Å². The second-order valence-electron chi connectivity index (χ2n) is 4.11. The number of halogens is 4. The lowest BCUT2D eigenvalue weighted by atomic mass is 10.2. The Labute approximate surface area is 128 Å². The summed E-state index contributed by atoms with van der Waals surface area (Å²) in [4.78, 5) is 0.00454. The lowest BCUT2D eigenvalue weighted by molar-refractivity contribution is -0.137. The molecule has 1 N–H and O–H groups in total. The fourth-order valence-corrected chi connectivity index (χ4v) is 3.66. The summed E-state index contributed by atoms with van der Waals surface area (Å²) in [6, 6.07) is 9.91. The summed E-state index contributed by atoms with van der Waals surface area (Å²) in [5.41, 5.74) is -0.787. The van der Waals surface area contributed by atoms with E-state index in [0.717, 1.165) is 24.3 Å². The maximum absolute atomic E-state index is 12.4. The van der Waals surface area contributed by atoms with Gasteiger partial charge in [0.2, 0.25) is 0 Å². The van der Waals surface area contributed by atoms with Crippen LogP contribution < -0.4 is 4.72 Å². The van der Waals surface area contributed by atoms with Gasteiger partial charge in [-0.3, -0.25) is 4.72 Å². The summed E-state index contributed by atoms with van der Waals surface area (Å²) in [5, 5.41) is 0. The predicted octanol–water partition coefficient (Wildman–Crippen LogP) is 4.27. The molecule has 0 saturated carbocycles. The minimum absolute atomic E-state index is 0.00454. The fraction of sp³-hybridized carbons (Fsp3) is 0.0769. The number of sulfonamides is 1. The van der Waals surface area contributed by atoms with Crippen molar-refractivity contribution in [1.29, 1.82) is 0 Å². The highest BCUT2D eigenvalue weighted by atomic mass is 79.9. The molecule has 0 unspecified atom stereocenters. The molecular weight excluding hydrogens is 371 g/mol. The van der Waals surface area contributed by atoms with E-state index in [4.69, 9.17) is 0 Å². The molecule has 0 saturated heterocycles. The van der Waals surface area contributed by atoms with Crippen LogP contribution in [0.1, 0.15) is 5.56 Å². The molecule has 0 radical (unpaired) electrons. The maximum Gasteiger partial charge on any atom is 0.416 e. The van der Waals surface area contributed by atoms with Crippen molar-refractivity contribution >= 4 is 31.6 Å². The summed E-state index contributed by atoms with van der Waals surface area (Å²) >= 11 is 3.12. The first-order chi connectivity index (χ1) is 9.70. The van der Waals surface area contributed by atoms with Gasteiger partial charge in [0.15, 0.2) is 0 Å². The van der Waals surface area contributed by atoms with E-state index in [1.807, 2.05) is 0 Å². The number of anilines is 1. The van der Waals surface area contributed by atoms with Gasteiger partial charge in [-0.25, -0.2) is 8.42 Å². The van der Waals surface area contributed by atoms with E-state index in [2.05, 4.69) is 20.7 Å². The largest absolute Gasteiger partial charge is 0.416 e. The van der Waals surface area contributed by atoms with Crippen molar-refractivity contribution < 1.29 is 21.6 Å². The second-order valence-corrected chi connectivity index (χ2v) is 6.62. The van der Waals surface area contributed by atoms with Gasteiger partial charge in [0.25, 0.3) is 10.0 Å². The van der Waals surface area contributed by atoms with E-state index in [9.17, 15) is 21.6 Å². The smallest absolute Gasteiger partial charge is 0.280 e. The summed E-state index contributed by atoms with van der Waals surface area (Å²) in [6.45, 7) is 0. The third-order valence-electron chi connectivity index (χ3n) is 2.59. The molecule has 0 bridgehead atoms. The van der Waals surface area contributed by atoms with Gasteiger partial charge in [-0.15, -0.1) is 0 Å². The molecule has 0 amide bonds. The Morgan fingerprint density at radius 3 is 2.05 bits per heavy atom. The minimum atomic E-state index is -4.46. The van der Waals surface area contributed by atoms with Crippen molar-refractivity contribution in [3.8, 4) is 0 Å². The van der Waals surface area contributed by atoms with Crippen molar-refractivity contribution in [1.82, 2.24) is 0 Å². The van der Waals surface area contributed by atoms with Gasteiger partial charge in [-0.05, 0) is 52.3 Å². The predicted molar refractivity (Wildman–Crippen MR) is 76.4 cm³/mol. The van der Waals surface area contributed by atoms with E-state index < -0.39 is 21.8 Å². The zero-order chi connectivity index (χ0) is 15.7. The van der Waals surface area contributed by atoms with Crippen LogP contribution in [-0.4, -0.2) is 8.42 Å². The highest BCUT2D eigenvalue weighted by molar-refractivity contribution is 9.10. The number of nitrogens with one attached hydrogen (secondary N) is 1. The lowest BCUT2D eigenvalue weighted by Crippen LogP contribution is -2.13. The Morgan fingerprint density at radius 2 is 1.52 bits per heavy atom. The summed E-state index contributed by atoms with van der Waals surface area (Å²) in [5.74, 6) is 0. The van der Waals surface area contributed by atoms with Crippen molar-refractivity contribution in [2.45, 2.75) is 11.1 Å². The van der Waals surface area contributed by atoms with Gasteiger partial charge in [0, 0.05) is 10.2 Å². The SMILES string of the molecule is O=S(=O)(Nc1ccc(C(F)(F)F)cc1)c1ccccc1Br. The van der Waals surface area contributed by atoms with Crippen LogP contribution in [0.3, 0.4) is 0 Å². The van der Waals surface area contributed by atoms with Gasteiger partial charge < -0.3 is 0 Å². The molecule has 0 spiro atoms. The number of hydrogen-bond acceptors (Lipinski definition) is 2. The van der Waals surface area contributed by atoms with Crippen molar-refractivity contribution in [2.24, 2.45) is 0 Å². The highest BCUT2D eigenvalue weighted by Gasteiger charge is 2.30. The molecule has 0 heterocycles. The fourth-order valence-electron chi connectivity index (χ4n) is 1.60. The molecule has 0 aliphatic heterocycles. The first-order valence-electron chi connectivity index (χ1n) is 5.65. The normalized spacial score (nSPS) is 12.2. The monoisotopic (exact) mass is 379 g/mol. The Kier molecular flexibility index (Phi) is 4.29. The molecule has 0 aromatic heterocycles. The van der Waals surface area contributed by atoms with E-state index in [0.29, 0.717) is 4.47 Å². The Morgan fingerprint density at radius 1 is 0.952 bits per heavy atom. The Bertz CT molecular complexity index is 743. The van der Waals surface area contributed by atoms with Crippen LogP contribution in [-0.2, 0) is 16.2 Å². The average Bonchev–Trinajstić information content (AvgIpc) is 2.38. The molecule has 2 rings (SSSR count). The molecule has 0 aliphatic rings. The summed E-state index contributed by atoms with van der Waals surface area (Å²) in [7, 11) is -3.87. The van der Waals surface area contributed by atoms with Crippen molar-refractivity contribution in [3.63, 3.8) is 0 Å². The first-order valence-corrected chi connectivity index (χ1v) is 7.92. The van der Waals surface area contributed by atoms with Gasteiger partial charge in [0.05, 0.1) is 5.56 Å². The number of benzene rings is 2. The number of hydrogen-bond donors (Lipinski definition) is 1. The average molecular weight is 380 g/mol. The lowest BCUT2D eigenvalue weighted by Gasteiger charge is -2.11. The van der Waals surface area contributed by atoms with Crippen LogP contribution in [0.2, 0.25) is 0 Å². The van der Waals surface area contributed by atoms with Crippen LogP contribution in [0, 0.1) is 0 Å². The Hall–Kier alpha value is -1.54. The number of rotatable bonds is 3. The van der Waals surface area contributed by atoms with Crippen LogP contribution in [0.4, 0.5) is 18.9 Å². The molecule has 112 valence electrons. The molecule has 0 atom stereocenters. The minimum Gasteiger partial charge on any atom is -0.280 e. The molecule has 21 heavy (non-hydrogen) atoms. The molecule has 8 heteroatoms. The quantitative estimate of drug-likeness (QED) is 0.865. The van der Waals surface area contributed by atoms with Gasteiger partial charge in [0.1, 0.15) is 4.90 Å². The van der Waals surface area contributed by atoms with Gasteiger partial charge in [-0.1, -0.05) is 12.1 Å². The van der Waals surface area contributed by atoms with E-state index in [1.165, 1.54) is 6.07 Å². The van der Waals surface area contributed by atoms with Gasteiger partial charge in [-0.2, -0.15) is 13.2 Å². The standard InChI is InChI=1S/C13H9BrF3NO2S/c14-11-3-1-2-4-12(11)21(19,20)18-10-7-5-9(6-8-10)13(15,16)17/h1-8,18H. The first kappa shape index (κ1) is 15.8. The molecule has 3 nitrogen and oxygen atoms in total. The summed E-state index contributed by atoms with van der Waals surface area (Å²) in [6.07, 6.45) is -4.46. The topological polar surface area (TPSA) is 46.2 Å². The van der Waals surface area contributed by atoms with Crippen molar-refractivity contribution in [2.75, 3.05) is 4.72 Å². The van der Waals surface area contributed by atoms with Crippen molar-refractivity contribution in [3.05, 3.63) is 58.6 Å². The van der Waals surface area contributed by atoms with Crippen LogP contribution in [0.5, 0.6) is 0 Å². The Balaban J connectivity index is 2.28. The summed E-state index contributed by atoms with van der Waals surface area (Å²) < 4.78 is 64.2. The van der Waals surface area contributed by atoms with E-state index >= 15 is 0 Å². The second kappa shape index (κ2) is 5.69. The zero-order valence-electron chi connectivity index (χ0n) is 10.4. The number of alkyl halides is 3.